The van der Waals surface area contributed by atoms with Gasteiger partial charge in [0.1, 0.15) is 0 Å². The molecule has 3 aromatic rings. The van der Waals surface area contributed by atoms with Crippen molar-refractivity contribution >= 4 is 21.8 Å². The summed E-state index contributed by atoms with van der Waals surface area (Å²) in [5, 5.41) is 9.90. The zero-order valence-corrected chi connectivity index (χ0v) is 13.4. The molecule has 3 rings (SSSR count). The lowest BCUT2D eigenvalue weighted by atomic mass is 10.2. The Hall–Kier alpha value is -2.94. The fourth-order valence-electron chi connectivity index (χ4n) is 1.92. The number of carbonyl (C=O) groups is 1. The molecule has 0 aliphatic heterocycles. The van der Waals surface area contributed by atoms with Crippen molar-refractivity contribution in [3.8, 4) is 11.7 Å². The van der Waals surface area contributed by atoms with Crippen molar-refractivity contribution in [1.29, 1.82) is 0 Å². The van der Waals surface area contributed by atoms with Crippen LogP contribution in [0.2, 0.25) is 0 Å². The molecule has 24 heavy (non-hydrogen) atoms. The largest absolute Gasteiger partial charge is 0.459 e. The van der Waals surface area contributed by atoms with Gasteiger partial charge in [-0.25, -0.2) is 8.42 Å². The van der Waals surface area contributed by atoms with Gasteiger partial charge < -0.3 is 8.83 Å². The van der Waals surface area contributed by atoms with Gasteiger partial charge in [0.2, 0.25) is 0 Å². The highest BCUT2D eigenvalue weighted by Crippen LogP contribution is 2.20. The first-order valence-electron chi connectivity index (χ1n) is 7.01. The van der Waals surface area contributed by atoms with E-state index < -0.39 is 15.7 Å². The number of amides is 1. The molecule has 9 heteroatoms. The van der Waals surface area contributed by atoms with Crippen LogP contribution in [0.3, 0.4) is 0 Å². The van der Waals surface area contributed by atoms with E-state index in [-0.39, 0.29) is 28.1 Å². The Morgan fingerprint density at radius 1 is 1.17 bits per heavy atom. The SMILES string of the molecule is CCS(=O)(=O)c1ccc(C(=O)Nc2nnc(-c3ccco3)o2)cc1. The van der Waals surface area contributed by atoms with Gasteiger partial charge in [-0.2, -0.15) is 0 Å². The third kappa shape index (κ3) is 3.20. The van der Waals surface area contributed by atoms with E-state index in [1.54, 1.807) is 19.1 Å². The monoisotopic (exact) mass is 347 g/mol. The van der Waals surface area contributed by atoms with Crippen molar-refractivity contribution in [2.24, 2.45) is 0 Å². The van der Waals surface area contributed by atoms with Gasteiger partial charge in [0.05, 0.1) is 16.9 Å². The number of nitrogens with one attached hydrogen (secondary N) is 1. The van der Waals surface area contributed by atoms with E-state index in [2.05, 4.69) is 15.5 Å². The predicted octanol–water partition coefficient (Wildman–Crippen LogP) is 2.38. The fourth-order valence-corrected chi connectivity index (χ4v) is 2.81. The predicted molar refractivity (Wildman–Crippen MR) is 84.1 cm³/mol. The zero-order valence-electron chi connectivity index (χ0n) is 12.6. The molecule has 0 atom stereocenters. The van der Waals surface area contributed by atoms with E-state index in [0.717, 1.165) is 0 Å². The van der Waals surface area contributed by atoms with Crippen LogP contribution in [0.4, 0.5) is 6.01 Å². The van der Waals surface area contributed by atoms with Gasteiger partial charge in [-0.15, -0.1) is 5.10 Å². The molecule has 8 nitrogen and oxygen atoms in total. The van der Waals surface area contributed by atoms with Crippen LogP contribution in [-0.2, 0) is 9.84 Å². The van der Waals surface area contributed by atoms with E-state index in [1.807, 2.05) is 0 Å². The van der Waals surface area contributed by atoms with Gasteiger partial charge in [0.25, 0.3) is 11.8 Å². The molecular formula is C15H13N3O5S. The molecule has 1 amide bonds. The van der Waals surface area contributed by atoms with Crippen molar-refractivity contribution in [2.45, 2.75) is 11.8 Å². The third-order valence-corrected chi connectivity index (χ3v) is 4.98. The highest BCUT2D eigenvalue weighted by Gasteiger charge is 2.16. The second-order valence-electron chi connectivity index (χ2n) is 4.77. The van der Waals surface area contributed by atoms with Gasteiger partial charge >= 0.3 is 6.01 Å². The molecule has 0 aliphatic carbocycles. The molecule has 0 radical (unpaired) electrons. The van der Waals surface area contributed by atoms with Crippen LogP contribution in [-0.4, -0.2) is 30.3 Å². The fraction of sp³-hybridized carbons (Fsp3) is 0.133. The smallest absolute Gasteiger partial charge is 0.322 e. The second kappa shape index (κ2) is 6.28. The van der Waals surface area contributed by atoms with Crippen LogP contribution in [0.1, 0.15) is 17.3 Å². The number of aromatic nitrogens is 2. The molecule has 0 saturated heterocycles. The van der Waals surface area contributed by atoms with Crippen LogP contribution in [0.5, 0.6) is 0 Å². The van der Waals surface area contributed by atoms with Crippen molar-refractivity contribution in [3.63, 3.8) is 0 Å². The number of carbonyl (C=O) groups excluding carboxylic acids is 1. The summed E-state index contributed by atoms with van der Waals surface area (Å²) in [7, 11) is -3.30. The highest BCUT2D eigenvalue weighted by atomic mass is 32.2. The van der Waals surface area contributed by atoms with Crippen molar-refractivity contribution < 1.29 is 22.0 Å². The Bertz CT molecular complexity index is 943. The number of hydrogen-bond donors (Lipinski definition) is 1. The van der Waals surface area contributed by atoms with E-state index in [9.17, 15) is 13.2 Å². The Morgan fingerprint density at radius 3 is 2.54 bits per heavy atom. The normalized spacial score (nSPS) is 11.4. The molecule has 0 unspecified atom stereocenters. The molecule has 1 N–H and O–H groups in total. The van der Waals surface area contributed by atoms with Crippen LogP contribution in [0.15, 0.2) is 56.4 Å². The van der Waals surface area contributed by atoms with Gasteiger partial charge in [-0.05, 0) is 36.4 Å². The van der Waals surface area contributed by atoms with E-state index in [1.165, 1.54) is 30.5 Å². The molecular weight excluding hydrogens is 334 g/mol. The lowest BCUT2D eigenvalue weighted by molar-refractivity contribution is 0.102. The Balaban J connectivity index is 1.73. The second-order valence-corrected chi connectivity index (χ2v) is 7.05. The van der Waals surface area contributed by atoms with Crippen LogP contribution in [0.25, 0.3) is 11.7 Å². The van der Waals surface area contributed by atoms with Gasteiger partial charge in [0.15, 0.2) is 15.6 Å². The summed E-state index contributed by atoms with van der Waals surface area (Å²) in [4.78, 5) is 12.3. The Labute approximate surface area is 137 Å². The van der Waals surface area contributed by atoms with Gasteiger partial charge in [-0.1, -0.05) is 12.0 Å². The minimum atomic E-state index is -3.30. The zero-order chi connectivity index (χ0) is 17.2. The lowest BCUT2D eigenvalue weighted by Crippen LogP contribution is -2.12. The summed E-state index contributed by atoms with van der Waals surface area (Å²) in [5.41, 5.74) is 0.266. The number of hydrogen-bond acceptors (Lipinski definition) is 7. The Kier molecular flexibility index (Phi) is 4.17. The first-order valence-corrected chi connectivity index (χ1v) is 8.66. The standard InChI is InChI=1S/C15H13N3O5S/c1-2-24(20,21)11-7-5-10(6-8-11)13(19)16-15-18-17-14(23-15)12-4-3-9-22-12/h3-9H,2H2,1H3,(H,16,18,19). The Morgan fingerprint density at radius 2 is 1.92 bits per heavy atom. The number of benzene rings is 1. The van der Waals surface area contributed by atoms with E-state index in [4.69, 9.17) is 8.83 Å². The summed E-state index contributed by atoms with van der Waals surface area (Å²) in [6.07, 6.45) is 1.46. The maximum atomic E-state index is 12.1. The number of sulfone groups is 1. The van der Waals surface area contributed by atoms with Crippen molar-refractivity contribution in [2.75, 3.05) is 11.1 Å². The van der Waals surface area contributed by atoms with Gasteiger partial charge in [-0.3, -0.25) is 10.1 Å². The average Bonchev–Trinajstić information content (AvgIpc) is 3.26. The lowest BCUT2D eigenvalue weighted by Gasteiger charge is -2.03. The molecule has 0 bridgehead atoms. The molecule has 2 aromatic heterocycles. The maximum absolute atomic E-state index is 12.1. The summed E-state index contributed by atoms with van der Waals surface area (Å²) >= 11 is 0. The third-order valence-electron chi connectivity index (χ3n) is 3.23. The number of furan rings is 1. The number of rotatable bonds is 5. The molecule has 124 valence electrons. The van der Waals surface area contributed by atoms with Crippen LogP contribution in [0, 0.1) is 0 Å². The van der Waals surface area contributed by atoms with Crippen molar-refractivity contribution in [3.05, 3.63) is 48.2 Å². The van der Waals surface area contributed by atoms with Crippen LogP contribution < -0.4 is 5.32 Å². The number of anilines is 1. The molecule has 0 fully saturated rings. The topological polar surface area (TPSA) is 115 Å². The first-order chi connectivity index (χ1) is 11.5. The van der Waals surface area contributed by atoms with Crippen molar-refractivity contribution in [1.82, 2.24) is 10.2 Å². The summed E-state index contributed by atoms with van der Waals surface area (Å²) in [5.74, 6) is 0.0257. The molecule has 0 saturated carbocycles. The summed E-state index contributed by atoms with van der Waals surface area (Å²) < 4.78 is 33.9. The summed E-state index contributed by atoms with van der Waals surface area (Å²) in [6, 6.07) is 8.83. The van der Waals surface area contributed by atoms with E-state index in [0.29, 0.717) is 5.76 Å². The minimum absolute atomic E-state index is 0.00388. The average molecular weight is 347 g/mol. The molecule has 1 aromatic carbocycles. The van der Waals surface area contributed by atoms with E-state index >= 15 is 0 Å². The first kappa shape index (κ1) is 15.9. The minimum Gasteiger partial charge on any atom is -0.459 e. The molecule has 0 spiro atoms. The number of nitrogens with zero attached hydrogens (tertiary/aromatic N) is 2. The summed E-state index contributed by atoms with van der Waals surface area (Å²) in [6.45, 7) is 1.56. The molecule has 0 aliphatic rings. The highest BCUT2D eigenvalue weighted by molar-refractivity contribution is 7.91. The molecule has 2 heterocycles. The quantitative estimate of drug-likeness (QED) is 0.753. The van der Waals surface area contributed by atoms with Gasteiger partial charge in [0, 0.05) is 5.56 Å². The van der Waals surface area contributed by atoms with Crippen LogP contribution >= 0.6 is 0 Å². The maximum Gasteiger partial charge on any atom is 0.322 e.